The lowest BCUT2D eigenvalue weighted by Gasteiger charge is -2.14. The molecule has 2 aromatic carbocycles. The van der Waals surface area contributed by atoms with Gasteiger partial charge in [0.2, 0.25) is 0 Å². The fraction of sp³-hybridized carbons (Fsp3) is 0.125. The van der Waals surface area contributed by atoms with Crippen molar-refractivity contribution in [2.24, 2.45) is 0 Å². The summed E-state index contributed by atoms with van der Waals surface area (Å²) < 4.78 is 18.9. The average Bonchev–Trinajstić information content (AvgIpc) is 3.30. The smallest absolute Gasteiger partial charge is 0.255 e. The standard InChI is InChI=1S/C24H20FN3O2S/c1-16(24-28-21(15-31-24)18-10-12-26-13-11-18)27-23(29)20-4-2-3-5-22(20)30-14-17-6-8-19(25)9-7-17/h2-13,15-16H,14H2,1H3,(H,27,29). The van der Waals surface area contributed by atoms with Gasteiger partial charge in [-0.2, -0.15) is 0 Å². The summed E-state index contributed by atoms with van der Waals surface area (Å²) in [5, 5.41) is 5.77. The molecule has 0 bridgehead atoms. The number of rotatable bonds is 7. The highest BCUT2D eigenvalue weighted by atomic mass is 32.1. The zero-order valence-corrected chi connectivity index (χ0v) is 17.6. The number of pyridine rings is 1. The van der Waals surface area contributed by atoms with Gasteiger partial charge in [0, 0.05) is 23.3 Å². The third-order valence-corrected chi connectivity index (χ3v) is 5.68. The largest absolute Gasteiger partial charge is 0.488 e. The van der Waals surface area contributed by atoms with Gasteiger partial charge in [0.25, 0.3) is 5.91 Å². The van der Waals surface area contributed by atoms with Crippen LogP contribution in [0.15, 0.2) is 78.4 Å². The highest BCUT2D eigenvalue weighted by molar-refractivity contribution is 7.10. The minimum atomic E-state index is -0.299. The summed E-state index contributed by atoms with van der Waals surface area (Å²) in [7, 11) is 0. The van der Waals surface area contributed by atoms with Crippen LogP contribution >= 0.6 is 11.3 Å². The van der Waals surface area contributed by atoms with E-state index in [0.717, 1.165) is 21.8 Å². The number of halogens is 1. The highest BCUT2D eigenvalue weighted by Crippen LogP contribution is 2.26. The summed E-state index contributed by atoms with van der Waals surface area (Å²) in [6, 6.07) is 16.7. The maximum Gasteiger partial charge on any atom is 0.255 e. The molecule has 0 aliphatic carbocycles. The second-order valence-electron chi connectivity index (χ2n) is 6.91. The molecule has 1 amide bonds. The van der Waals surface area contributed by atoms with Crippen LogP contribution in [0.1, 0.15) is 33.9 Å². The van der Waals surface area contributed by atoms with E-state index in [0.29, 0.717) is 11.3 Å². The molecular weight excluding hydrogens is 413 g/mol. The molecule has 4 rings (SSSR count). The van der Waals surface area contributed by atoms with Crippen LogP contribution in [0.4, 0.5) is 4.39 Å². The molecule has 0 aliphatic heterocycles. The Balaban J connectivity index is 1.44. The van der Waals surface area contributed by atoms with E-state index < -0.39 is 0 Å². The van der Waals surface area contributed by atoms with Crippen molar-refractivity contribution in [3.8, 4) is 17.0 Å². The minimum Gasteiger partial charge on any atom is -0.488 e. The number of hydrogen-bond acceptors (Lipinski definition) is 5. The van der Waals surface area contributed by atoms with E-state index >= 15 is 0 Å². The SMILES string of the molecule is CC(NC(=O)c1ccccc1OCc1ccc(F)cc1)c1nc(-c2ccncc2)cs1. The molecule has 31 heavy (non-hydrogen) atoms. The number of nitrogens with one attached hydrogen (secondary N) is 1. The first kappa shape index (κ1) is 20.7. The van der Waals surface area contributed by atoms with Gasteiger partial charge >= 0.3 is 0 Å². The number of nitrogens with zero attached hydrogens (tertiary/aromatic N) is 2. The summed E-state index contributed by atoms with van der Waals surface area (Å²) in [4.78, 5) is 21.6. The topological polar surface area (TPSA) is 64.1 Å². The van der Waals surface area contributed by atoms with E-state index in [1.165, 1.54) is 23.5 Å². The molecule has 0 saturated carbocycles. The van der Waals surface area contributed by atoms with E-state index in [4.69, 9.17) is 4.74 Å². The molecule has 1 atom stereocenters. The molecule has 0 aliphatic rings. The molecule has 7 heteroatoms. The Morgan fingerprint density at radius 1 is 1.10 bits per heavy atom. The molecule has 4 aromatic rings. The maximum atomic E-state index is 13.1. The normalized spacial score (nSPS) is 11.7. The maximum absolute atomic E-state index is 13.1. The van der Waals surface area contributed by atoms with E-state index in [1.807, 2.05) is 30.5 Å². The summed E-state index contributed by atoms with van der Waals surface area (Å²) >= 11 is 1.49. The fourth-order valence-corrected chi connectivity index (χ4v) is 3.83. The number of carbonyl (C=O) groups is 1. The van der Waals surface area contributed by atoms with Crippen LogP contribution in [0.25, 0.3) is 11.3 Å². The molecule has 2 aromatic heterocycles. The van der Waals surface area contributed by atoms with Crippen molar-refractivity contribution in [1.29, 1.82) is 0 Å². The third kappa shape index (κ3) is 5.13. The zero-order valence-electron chi connectivity index (χ0n) is 16.8. The Kier molecular flexibility index (Phi) is 6.33. The van der Waals surface area contributed by atoms with E-state index in [1.54, 1.807) is 42.7 Å². The summed E-state index contributed by atoms with van der Waals surface area (Å²) in [6.07, 6.45) is 3.45. The Morgan fingerprint density at radius 2 is 1.84 bits per heavy atom. The first-order chi connectivity index (χ1) is 15.1. The molecule has 0 spiro atoms. The number of para-hydroxylation sites is 1. The summed E-state index contributed by atoms with van der Waals surface area (Å²) in [6.45, 7) is 2.14. The van der Waals surface area contributed by atoms with Crippen LogP contribution < -0.4 is 10.1 Å². The second kappa shape index (κ2) is 9.49. The van der Waals surface area contributed by atoms with Gasteiger partial charge in [-0.15, -0.1) is 11.3 Å². The van der Waals surface area contributed by atoms with Crippen LogP contribution in [-0.2, 0) is 6.61 Å². The van der Waals surface area contributed by atoms with Crippen molar-refractivity contribution in [1.82, 2.24) is 15.3 Å². The molecular formula is C24H20FN3O2S. The Morgan fingerprint density at radius 3 is 2.61 bits per heavy atom. The van der Waals surface area contributed by atoms with Gasteiger partial charge in [-0.1, -0.05) is 24.3 Å². The molecule has 156 valence electrons. The van der Waals surface area contributed by atoms with E-state index in [9.17, 15) is 9.18 Å². The van der Waals surface area contributed by atoms with Gasteiger partial charge < -0.3 is 10.1 Å². The predicted octanol–water partition coefficient (Wildman–Crippen LogP) is 5.41. The molecule has 0 fully saturated rings. The van der Waals surface area contributed by atoms with E-state index in [-0.39, 0.29) is 24.4 Å². The van der Waals surface area contributed by atoms with Gasteiger partial charge in [-0.25, -0.2) is 9.37 Å². The molecule has 0 saturated heterocycles. The number of hydrogen-bond donors (Lipinski definition) is 1. The third-order valence-electron chi connectivity index (χ3n) is 4.66. The molecule has 5 nitrogen and oxygen atoms in total. The quantitative estimate of drug-likeness (QED) is 0.423. The van der Waals surface area contributed by atoms with Crippen molar-refractivity contribution >= 4 is 17.2 Å². The Hall–Kier alpha value is -3.58. The average molecular weight is 434 g/mol. The van der Waals surface area contributed by atoms with Gasteiger partial charge in [0.1, 0.15) is 23.2 Å². The Bertz CT molecular complexity index is 1160. The van der Waals surface area contributed by atoms with Crippen molar-refractivity contribution in [2.75, 3.05) is 0 Å². The molecule has 1 unspecified atom stereocenters. The van der Waals surface area contributed by atoms with Crippen LogP contribution in [0.5, 0.6) is 5.75 Å². The van der Waals surface area contributed by atoms with Crippen LogP contribution in [0, 0.1) is 5.82 Å². The van der Waals surface area contributed by atoms with Gasteiger partial charge in [0.05, 0.1) is 17.3 Å². The lowest BCUT2D eigenvalue weighted by molar-refractivity contribution is 0.0935. The predicted molar refractivity (Wildman–Crippen MR) is 118 cm³/mol. The minimum absolute atomic E-state index is 0.238. The number of ether oxygens (including phenoxy) is 1. The second-order valence-corrected chi connectivity index (χ2v) is 7.80. The zero-order chi connectivity index (χ0) is 21.6. The van der Waals surface area contributed by atoms with Gasteiger partial charge in [-0.3, -0.25) is 9.78 Å². The summed E-state index contributed by atoms with van der Waals surface area (Å²) in [5.41, 5.74) is 3.08. The number of carbonyl (C=O) groups excluding carboxylic acids is 1. The molecule has 0 radical (unpaired) electrons. The number of thiazole rings is 1. The lowest BCUT2D eigenvalue weighted by atomic mass is 10.1. The van der Waals surface area contributed by atoms with Crippen molar-refractivity contribution in [3.63, 3.8) is 0 Å². The van der Waals surface area contributed by atoms with Crippen LogP contribution in [0.2, 0.25) is 0 Å². The van der Waals surface area contributed by atoms with Crippen LogP contribution in [-0.4, -0.2) is 15.9 Å². The first-order valence-corrected chi connectivity index (χ1v) is 10.6. The summed E-state index contributed by atoms with van der Waals surface area (Å²) in [5.74, 6) is -0.0807. The number of benzene rings is 2. The number of amides is 1. The van der Waals surface area contributed by atoms with Crippen molar-refractivity contribution in [3.05, 3.63) is 100 Å². The van der Waals surface area contributed by atoms with Gasteiger partial charge in [0.15, 0.2) is 0 Å². The van der Waals surface area contributed by atoms with E-state index in [2.05, 4.69) is 15.3 Å². The van der Waals surface area contributed by atoms with Crippen LogP contribution in [0.3, 0.4) is 0 Å². The fourth-order valence-electron chi connectivity index (χ4n) is 3.00. The molecule has 2 heterocycles. The van der Waals surface area contributed by atoms with Gasteiger partial charge in [-0.05, 0) is 48.9 Å². The van der Waals surface area contributed by atoms with Crippen molar-refractivity contribution < 1.29 is 13.9 Å². The number of aromatic nitrogens is 2. The Labute approximate surface area is 183 Å². The van der Waals surface area contributed by atoms with Crippen molar-refractivity contribution in [2.45, 2.75) is 19.6 Å². The monoisotopic (exact) mass is 433 g/mol. The highest BCUT2D eigenvalue weighted by Gasteiger charge is 2.18. The molecule has 1 N–H and O–H groups in total. The lowest BCUT2D eigenvalue weighted by Crippen LogP contribution is -2.27. The first-order valence-electron chi connectivity index (χ1n) is 9.73.